The van der Waals surface area contributed by atoms with Crippen molar-refractivity contribution in [3.05, 3.63) is 17.7 Å². The average molecular weight is 248 g/mol. The lowest BCUT2D eigenvalue weighted by atomic mass is 9.87. The highest BCUT2D eigenvalue weighted by molar-refractivity contribution is 5.70. The molecule has 1 aromatic heterocycles. The molecule has 18 heavy (non-hydrogen) atoms. The number of imidazole rings is 1. The van der Waals surface area contributed by atoms with Crippen LogP contribution in [0, 0.1) is 5.92 Å². The van der Waals surface area contributed by atoms with Crippen LogP contribution in [-0.2, 0) is 17.8 Å². The minimum atomic E-state index is -0.677. The van der Waals surface area contributed by atoms with Crippen LogP contribution in [0.2, 0.25) is 0 Å². The summed E-state index contributed by atoms with van der Waals surface area (Å²) < 4.78 is 2.17. The Hall–Kier alpha value is -1.32. The van der Waals surface area contributed by atoms with Crippen LogP contribution in [0.15, 0.2) is 6.20 Å². The van der Waals surface area contributed by atoms with Gasteiger partial charge in [0.2, 0.25) is 0 Å². The predicted octanol–water partition coefficient (Wildman–Crippen LogP) is 2.58. The van der Waals surface area contributed by atoms with E-state index in [2.05, 4.69) is 10.8 Å². The number of hydrogen-bond acceptors (Lipinski definition) is 2. The molecule has 0 spiro atoms. The van der Waals surface area contributed by atoms with Crippen molar-refractivity contribution in [2.75, 3.05) is 0 Å². The quantitative estimate of drug-likeness (QED) is 0.875. The summed E-state index contributed by atoms with van der Waals surface area (Å²) in [5, 5.41) is 9.08. The van der Waals surface area contributed by atoms with Crippen molar-refractivity contribution in [1.29, 1.82) is 0 Å². The second kappa shape index (κ2) is 4.75. The van der Waals surface area contributed by atoms with E-state index in [1.165, 1.54) is 37.8 Å². The topological polar surface area (TPSA) is 55.1 Å². The summed E-state index contributed by atoms with van der Waals surface area (Å²) in [5.41, 5.74) is 1.20. The fourth-order valence-electron chi connectivity index (χ4n) is 3.26. The molecule has 4 nitrogen and oxygen atoms in total. The SMILES string of the molecule is O=C(O)C1CCn2cc(C3CCCCC3)nc2C1. The summed E-state index contributed by atoms with van der Waals surface area (Å²) in [6.45, 7) is 0.812. The second-order valence-electron chi connectivity index (χ2n) is 5.64. The maximum Gasteiger partial charge on any atom is 0.307 e. The molecule has 2 heterocycles. The van der Waals surface area contributed by atoms with Gasteiger partial charge < -0.3 is 9.67 Å². The second-order valence-corrected chi connectivity index (χ2v) is 5.64. The zero-order valence-corrected chi connectivity index (χ0v) is 10.6. The van der Waals surface area contributed by atoms with Gasteiger partial charge in [-0.1, -0.05) is 19.3 Å². The monoisotopic (exact) mass is 248 g/mol. The van der Waals surface area contributed by atoms with Crippen LogP contribution in [0.1, 0.15) is 56.0 Å². The molecule has 1 aliphatic carbocycles. The Balaban J connectivity index is 1.78. The van der Waals surface area contributed by atoms with Crippen LogP contribution < -0.4 is 0 Å². The van der Waals surface area contributed by atoms with E-state index in [0.717, 1.165) is 18.8 Å². The molecule has 1 aromatic rings. The Bertz CT molecular complexity index is 447. The van der Waals surface area contributed by atoms with Gasteiger partial charge in [0.1, 0.15) is 5.82 Å². The number of carboxylic acids is 1. The molecule has 3 rings (SSSR count). The first-order chi connectivity index (χ1) is 8.74. The van der Waals surface area contributed by atoms with E-state index in [4.69, 9.17) is 10.1 Å². The first-order valence-electron chi connectivity index (χ1n) is 7.03. The Morgan fingerprint density at radius 1 is 1.28 bits per heavy atom. The maximum absolute atomic E-state index is 11.0. The van der Waals surface area contributed by atoms with E-state index in [-0.39, 0.29) is 5.92 Å². The number of fused-ring (bicyclic) bond motifs is 1. The van der Waals surface area contributed by atoms with Gasteiger partial charge in [-0.25, -0.2) is 4.98 Å². The van der Waals surface area contributed by atoms with Crippen molar-refractivity contribution in [3.63, 3.8) is 0 Å². The molecular weight excluding hydrogens is 228 g/mol. The third-order valence-corrected chi connectivity index (χ3v) is 4.40. The fraction of sp³-hybridized carbons (Fsp3) is 0.714. The number of aliphatic carboxylic acids is 1. The summed E-state index contributed by atoms with van der Waals surface area (Å²) in [4.78, 5) is 15.7. The van der Waals surface area contributed by atoms with E-state index in [1.54, 1.807) is 0 Å². The van der Waals surface area contributed by atoms with Gasteiger partial charge in [-0.2, -0.15) is 0 Å². The Kier molecular flexibility index (Phi) is 3.10. The lowest BCUT2D eigenvalue weighted by Gasteiger charge is -2.19. The molecule has 0 radical (unpaired) electrons. The minimum absolute atomic E-state index is 0.237. The highest BCUT2D eigenvalue weighted by atomic mass is 16.4. The molecule has 1 aliphatic heterocycles. The summed E-state index contributed by atoms with van der Waals surface area (Å²) in [6.07, 6.45) is 9.98. The third-order valence-electron chi connectivity index (χ3n) is 4.40. The van der Waals surface area contributed by atoms with Crippen LogP contribution in [0.25, 0.3) is 0 Å². The van der Waals surface area contributed by atoms with E-state index in [9.17, 15) is 4.79 Å². The Labute approximate surface area is 107 Å². The highest BCUT2D eigenvalue weighted by Gasteiger charge is 2.27. The molecule has 2 aliphatic rings. The molecular formula is C14H20N2O2. The Morgan fingerprint density at radius 2 is 2.06 bits per heavy atom. The van der Waals surface area contributed by atoms with Gasteiger partial charge in [0.05, 0.1) is 11.6 Å². The zero-order valence-electron chi connectivity index (χ0n) is 10.6. The van der Waals surface area contributed by atoms with Crippen LogP contribution in [0.3, 0.4) is 0 Å². The molecule has 1 N–H and O–H groups in total. The van der Waals surface area contributed by atoms with E-state index in [1.807, 2.05) is 0 Å². The predicted molar refractivity (Wildman–Crippen MR) is 67.5 cm³/mol. The molecule has 98 valence electrons. The molecule has 0 aromatic carbocycles. The molecule has 1 saturated carbocycles. The lowest BCUT2D eigenvalue weighted by molar-refractivity contribution is -0.142. The summed E-state index contributed by atoms with van der Waals surface area (Å²) in [6, 6.07) is 0. The number of aromatic nitrogens is 2. The summed E-state index contributed by atoms with van der Waals surface area (Å²) >= 11 is 0. The van der Waals surface area contributed by atoms with Gasteiger partial charge in [-0.15, -0.1) is 0 Å². The van der Waals surface area contributed by atoms with Crippen molar-refractivity contribution in [2.45, 2.75) is 57.4 Å². The Morgan fingerprint density at radius 3 is 2.78 bits per heavy atom. The van der Waals surface area contributed by atoms with E-state index >= 15 is 0 Å². The number of hydrogen-bond donors (Lipinski definition) is 1. The largest absolute Gasteiger partial charge is 0.481 e. The van der Waals surface area contributed by atoms with E-state index < -0.39 is 5.97 Å². The molecule has 1 atom stereocenters. The van der Waals surface area contributed by atoms with Gasteiger partial charge in [-0.3, -0.25) is 4.79 Å². The molecule has 0 amide bonds. The minimum Gasteiger partial charge on any atom is -0.481 e. The summed E-state index contributed by atoms with van der Waals surface area (Å²) in [5.74, 6) is 0.678. The fourth-order valence-corrected chi connectivity index (χ4v) is 3.26. The van der Waals surface area contributed by atoms with Crippen molar-refractivity contribution in [3.8, 4) is 0 Å². The zero-order chi connectivity index (χ0) is 12.5. The van der Waals surface area contributed by atoms with Crippen molar-refractivity contribution in [2.24, 2.45) is 5.92 Å². The lowest BCUT2D eigenvalue weighted by Crippen LogP contribution is -2.25. The molecule has 0 bridgehead atoms. The van der Waals surface area contributed by atoms with Gasteiger partial charge in [0, 0.05) is 25.1 Å². The third kappa shape index (κ3) is 2.16. The van der Waals surface area contributed by atoms with Gasteiger partial charge in [0.15, 0.2) is 0 Å². The normalized spacial score (nSPS) is 24.8. The molecule has 1 unspecified atom stereocenters. The van der Waals surface area contributed by atoms with Gasteiger partial charge >= 0.3 is 5.97 Å². The van der Waals surface area contributed by atoms with Crippen LogP contribution in [0.5, 0.6) is 0 Å². The van der Waals surface area contributed by atoms with Crippen molar-refractivity contribution < 1.29 is 9.90 Å². The standard InChI is InChI=1S/C14H20N2O2/c17-14(18)11-6-7-16-9-12(15-13(16)8-11)10-4-2-1-3-5-10/h9-11H,1-8H2,(H,17,18). The smallest absolute Gasteiger partial charge is 0.307 e. The highest BCUT2D eigenvalue weighted by Crippen LogP contribution is 2.33. The van der Waals surface area contributed by atoms with Gasteiger partial charge in [0.25, 0.3) is 0 Å². The maximum atomic E-state index is 11.0. The van der Waals surface area contributed by atoms with Crippen molar-refractivity contribution >= 4 is 5.97 Å². The number of carbonyl (C=O) groups is 1. The first-order valence-corrected chi connectivity index (χ1v) is 7.03. The van der Waals surface area contributed by atoms with E-state index in [0.29, 0.717) is 12.3 Å². The molecule has 1 fully saturated rings. The number of carboxylic acid groups (broad SMARTS) is 1. The van der Waals surface area contributed by atoms with Gasteiger partial charge in [-0.05, 0) is 19.3 Å². The van der Waals surface area contributed by atoms with Crippen LogP contribution in [-0.4, -0.2) is 20.6 Å². The van der Waals surface area contributed by atoms with Crippen LogP contribution in [0.4, 0.5) is 0 Å². The summed E-state index contributed by atoms with van der Waals surface area (Å²) in [7, 11) is 0. The number of nitrogens with zero attached hydrogens (tertiary/aromatic N) is 2. The first kappa shape index (κ1) is 11.8. The average Bonchev–Trinajstić information content (AvgIpc) is 2.82. The van der Waals surface area contributed by atoms with Crippen molar-refractivity contribution in [1.82, 2.24) is 9.55 Å². The van der Waals surface area contributed by atoms with Crippen LogP contribution >= 0.6 is 0 Å². The number of aryl methyl sites for hydroxylation is 1. The number of rotatable bonds is 2. The molecule has 0 saturated heterocycles. The molecule has 4 heteroatoms.